The summed E-state index contributed by atoms with van der Waals surface area (Å²) in [7, 11) is 1.85. The lowest BCUT2D eigenvalue weighted by atomic mass is 10.2. The van der Waals surface area contributed by atoms with Gasteiger partial charge in [-0.2, -0.15) is 0 Å². The van der Waals surface area contributed by atoms with Gasteiger partial charge in [0, 0.05) is 23.5 Å². The van der Waals surface area contributed by atoms with E-state index in [2.05, 4.69) is 36.9 Å². The highest BCUT2D eigenvalue weighted by atomic mass is 79.9. The van der Waals surface area contributed by atoms with E-state index in [0.717, 1.165) is 35.2 Å². The Bertz CT molecular complexity index is 663. The van der Waals surface area contributed by atoms with Gasteiger partial charge in [-0.3, -0.25) is 4.79 Å². The second kappa shape index (κ2) is 6.58. The first kappa shape index (κ1) is 15.2. The summed E-state index contributed by atoms with van der Waals surface area (Å²) in [6.07, 6.45) is 2.17. The van der Waals surface area contributed by atoms with Crippen molar-refractivity contribution in [3.05, 3.63) is 40.1 Å². The van der Waals surface area contributed by atoms with Gasteiger partial charge < -0.3 is 10.6 Å². The SMILES string of the molecule is CNCCNC(=O)c1nnn(-c2ccc(Br)cc2)c1C1CC1. The highest BCUT2D eigenvalue weighted by Crippen LogP contribution is 2.41. The number of rotatable bonds is 6. The number of nitrogens with zero attached hydrogens (tertiary/aromatic N) is 3. The van der Waals surface area contributed by atoms with Crippen LogP contribution in [0.25, 0.3) is 5.69 Å². The fourth-order valence-electron chi connectivity index (χ4n) is 2.33. The van der Waals surface area contributed by atoms with Gasteiger partial charge in [-0.25, -0.2) is 4.68 Å². The number of nitrogens with one attached hydrogen (secondary N) is 2. The van der Waals surface area contributed by atoms with E-state index in [0.29, 0.717) is 18.2 Å². The molecular formula is C15H18BrN5O. The lowest BCUT2D eigenvalue weighted by Gasteiger charge is -2.07. The molecule has 0 atom stereocenters. The zero-order valence-electron chi connectivity index (χ0n) is 12.3. The molecule has 0 saturated heterocycles. The molecule has 2 N–H and O–H groups in total. The standard InChI is InChI=1S/C15H18BrN5O/c1-17-8-9-18-15(22)13-14(10-2-3-10)21(20-19-13)12-6-4-11(16)5-7-12/h4-7,10,17H,2-3,8-9H2,1H3,(H,18,22). The number of carbonyl (C=O) groups is 1. The van der Waals surface area contributed by atoms with Crippen LogP contribution in [0.3, 0.4) is 0 Å². The molecule has 1 aliphatic rings. The zero-order valence-corrected chi connectivity index (χ0v) is 13.9. The molecule has 7 heteroatoms. The van der Waals surface area contributed by atoms with Crippen LogP contribution in [0.15, 0.2) is 28.7 Å². The Balaban J connectivity index is 1.89. The lowest BCUT2D eigenvalue weighted by molar-refractivity contribution is 0.0948. The summed E-state index contributed by atoms with van der Waals surface area (Å²) in [5.41, 5.74) is 2.29. The van der Waals surface area contributed by atoms with Crippen LogP contribution in [-0.2, 0) is 0 Å². The smallest absolute Gasteiger partial charge is 0.273 e. The van der Waals surface area contributed by atoms with E-state index in [1.165, 1.54) is 0 Å². The fraction of sp³-hybridized carbons (Fsp3) is 0.400. The first-order chi connectivity index (χ1) is 10.7. The number of carbonyl (C=O) groups excluding carboxylic acids is 1. The predicted octanol–water partition coefficient (Wildman–Crippen LogP) is 1.86. The van der Waals surface area contributed by atoms with Gasteiger partial charge in [0.05, 0.1) is 11.4 Å². The van der Waals surface area contributed by atoms with Crippen molar-refractivity contribution < 1.29 is 4.79 Å². The molecule has 1 aromatic heterocycles. The summed E-state index contributed by atoms with van der Waals surface area (Å²) in [5, 5.41) is 14.2. The summed E-state index contributed by atoms with van der Waals surface area (Å²) < 4.78 is 2.80. The molecule has 1 aromatic carbocycles. The summed E-state index contributed by atoms with van der Waals surface area (Å²) in [5.74, 6) is 0.226. The number of hydrogen-bond acceptors (Lipinski definition) is 4. The Labute approximate surface area is 137 Å². The Morgan fingerprint density at radius 2 is 2.05 bits per heavy atom. The molecule has 1 fully saturated rings. The summed E-state index contributed by atoms with van der Waals surface area (Å²) >= 11 is 3.43. The third-order valence-corrected chi connectivity index (χ3v) is 4.14. The summed E-state index contributed by atoms with van der Waals surface area (Å²) in [6, 6.07) is 7.85. The van der Waals surface area contributed by atoms with E-state index in [-0.39, 0.29) is 5.91 Å². The lowest BCUT2D eigenvalue weighted by Crippen LogP contribution is -2.31. The van der Waals surface area contributed by atoms with Crippen molar-refractivity contribution in [3.8, 4) is 5.69 Å². The number of aromatic nitrogens is 3. The molecule has 1 amide bonds. The minimum Gasteiger partial charge on any atom is -0.349 e. The van der Waals surface area contributed by atoms with Gasteiger partial charge in [0.15, 0.2) is 5.69 Å². The molecular weight excluding hydrogens is 346 g/mol. The first-order valence-electron chi connectivity index (χ1n) is 7.35. The van der Waals surface area contributed by atoms with Gasteiger partial charge in [-0.1, -0.05) is 21.1 Å². The maximum atomic E-state index is 12.3. The third-order valence-electron chi connectivity index (χ3n) is 3.62. The maximum absolute atomic E-state index is 12.3. The molecule has 22 heavy (non-hydrogen) atoms. The predicted molar refractivity (Wildman–Crippen MR) is 87.3 cm³/mol. The van der Waals surface area contributed by atoms with Crippen LogP contribution in [0.5, 0.6) is 0 Å². The molecule has 6 nitrogen and oxygen atoms in total. The molecule has 1 aliphatic carbocycles. The normalized spacial score (nSPS) is 14.1. The van der Waals surface area contributed by atoms with E-state index in [1.54, 1.807) is 4.68 Å². The van der Waals surface area contributed by atoms with Gasteiger partial charge >= 0.3 is 0 Å². The van der Waals surface area contributed by atoms with Crippen LogP contribution in [-0.4, -0.2) is 41.0 Å². The molecule has 0 aliphatic heterocycles. The van der Waals surface area contributed by atoms with E-state index in [4.69, 9.17) is 0 Å². The van der Waals surface area contributed by atoms with E-state index >= 15 is 0 Å². The number of amides is 1. The van der Waals surface area contributed by atoms with Crippen LogP contribution in [0, 0.1) is 0 Å². The summed E-state index contributed by atoms with van der Waals surface area (Å²) in [6.45, 7) is 1.30. The van der Waals surface area contributed by atoms with Gasteiger partial charge in [-0.05, 0) is 44.2 Å². The second-order valence-corrected chi connectivity index (χ2v) is 6.26. The third kappa shape index (κ3) is 3.20. The number of benzene rings is 1. The topological polar surface area (TPSA) is 71.8 Å². The van der Waals surface area contributed by atoms with Crippen molar-refractivity contribution in [1.82, 2.24) is 25.6 Å². The van der Waals surface area contributed by atoms with Crippen molar-refractivity contribution in [1.29, 1.82) is 0 Å². The highest BCUT2D eigenvalue weighted by Gasteiger charge is 2.34. The Hall–Kier alpha value is -1.73. The number of halogens is 1. The van der Waals surface area contributed by atoms with E-state index < -0.39 is 0 Å². The molecule has 1 heterocycles. The molecule has 0 unspecified atom stereocenters. The van der Waals surface area contributed by atoms with E-state index in [1.807, 2.05) is 31.3 Å². The van der Waals surface area contributed by atoms with Gasteiger partial charge in [-0.15, -0.1) is 5.10 Å². The molecule has 0 bridgehead atoms. The minimum absolute atomic E-state index is 0.152. The fourth-order valence-corrected chi connectivity index (χ4v) is 2.60. The first-order valence-corrected chi connectivity index (χ1v) is 8.14. The molecule has 116 valence electrons. The number of likely N-dealkylation sites (N-methyl/N-ethyl adjacent to an activating group) is 1. The minimum atomic E-state index is -0.152. The summed E-state index contributed by atoms with van der Waals surface area (Å²) in [4.78, 5) is 12.3. The number of hydrogen-bond donors (Lipinski definition) is 2. The van der Waals surface area contributed by atoms with Crippen molar-refractivity contribution in [3.63, 3.8) is 0 Å². The van der Waals surface area contributed by atoms with Crippen molar-refractivity contribution in [2.75, 3.05) is 20.1 Å². The largest absolute Gasteiger partial charge is 0.349 e. The van der Waals surface area contributed by atoms with Crippen LogP contribution >= 0.6 is 15.9 Å². The highest BCUT2D eigenvalue weighted by molar-refractivity contribution is 9.10. The second-order valence-electron chi connectivity index (χ2n) is 5.35. The Morgan fingerprint density at radius 1 is 1.32 bits per heavy atom. The Kier molecular flexibility index (Phi) is 4.54. The van der Waals surface area contributed by atoms with Crippen LogP contribution in [0.4, 0.5) is 0 Å². The van der Waals surface area contributed by atoms with Gasteiger partial charge in [0.25, 0.3) is 5.91 Å². The Morgan fingerprint density at radius 3 is 2.68 bits per heavy atom. The molecule has 2 aromatic rings. The van der Waals surface area contributed by atoms with Gasteiger partial charge in [0.1, 0.15) is 0 Å². The van der Waals surface area contributed by atoms with Crippen LogP contribution < -0.4 is 10.6 Å². The molecule has 0 radical (unpaired) electrons. The van der Waals surface area contributed by atoms with Crippen molar-refractivity contribution in [2.24, 2.45) is 0 Å². The van der Waals surface area contributed by atoms with Crippen molar-refractivity contribution in [2.45, 2.75) is 18.8 Å². The van der Waals surface area contributed by atoms with E-state index in [9.17, 15) is 4.79 Å². The molecule has 3 rings (SSSR count). The van der Waals surface area contributed by atoms with Crippen molar-refractivity contribution >= 4 is 21.8 Å². The van der Waals surface area contributed by atoms with Gasteiger partial charge in [0.2, 0.25) is 0 Å². The molecule has 1 saturated carbocycles. The maximum Gasteiger partial charge on any atom is 0.273 e. The average Bonchev–Trinajstić information content (AvgIpc) is 3.27. The monoisotopic (exact) mass is 363 g/mol. The zero-order chi connectivity index (χ0) is 15.5. The average molecular weight is 364 g/mol. The quantitative estimate of drug-likeness (QED) is 0.768. The van der Waals surface area contributed by atoms with Crippen LogP contribution in [0.2, 0.25) is 0 Å². The van der Waals surface area contributed by atoms with Crippen LogP contribution in [0.1, 0.15) is 34.9 Å². The molecule has 0 spiro atoms.